The van der Waals surface area contributed by atoms with Crippen LogP contribution < -0.4 is 4.72 Å². The first-order chi connectivity index (χ1) is 10.5. The number of nitrogens with one attached hydrogen (secondary N) is 1. The third kappa shape index (κ3) is 2.67. The van der Waals surface area contributed by atoms with Gasteiger partial charge in [0.15, 0.2) is 0 Å². The van der Waals surface area contributed by atoms with Crippen LogP contribution in [0.3, 0.4) is 0 Å². The molecule has 3 aromatic rings. The molecule has 0 saturated heterocycles. The van der Waals surface area contributed by atoms with Crippen molar-refractivity contribution in [3.05, 3.63) is 65.9 Å². The Labute approximate surface area is 129 Å². The third-order valence-corrected chi connectivity index (χ3v) is 5.00. The Morgan fingerprint density at radius 3 is 2.36 bits per heavy atom. The number of anilines is 1. The fraction of sp³-hybridized carbons (Fsp3) is 0.118. The summed E-state index contributed by atoms with van der Waals surface area (Å²) in [5.41, 5.74) is 3.22. The summed E-state index contributed by atoms with van der Waals surface area (Å²) in [6.07, 6.45) is 1.56. The molecule has 0 unspecified atom stereocenters. The maximum absolute atomic E-state index is 12.5. The van der Waals surface area contributed by atoms with E-state index in [2.05, 4.69) is 9.71 Å². The summed E-state index contributed by atoms with van der Waals surface area (Å²) >= 11 is 0. The van der Waals surface area contributed by atoms with E-state index >= 15 is 0 Å². The minimum atomic E-state index is -3.61. The molecule has 0 amide bonds. The van der Waals surface area contributed by atoms with Crippen molar-refractivity contribution in [2.24, 2.45) is 0 Å². The highest BCUT2D eigenvalue weighted by molar-refractivity contribution is 7.92. The van der Waals surface area contributed by atoms with E-state index in [-0.39, 0.29) is 4.90 Å². The summed E-state index contributed by atoms with van der Waals surface area (Å²) in [4.78, 5) is 4.55. The molecule has 1 heterocycles. The van der Waals surface area contributed by atoms with Gasteiger partial charge in [0.05, 0.1) is 22.3 Å². The van der Waals surface area contributed by atoms with Crippen LogP contribution in [0.5, 0.6) is 0 Å². The lowest BCUT2D eigenvalue weighted by atomic mass is 10.1. The number of pyridine rings is 1. The number of nitrogens with zero attached hydrogens (tertiary/aromatic N) is 1. The van der Waals surface area contributed by atoms with Crippen molar-refractivity contribution in [3.8, 4) is 0 Å². The van der Waals surface area contributed by atoms with E-state index in [0.717, 1.165) is 22.0 Å². The van der Waals surface area contributed by atoms with Crippen LogP contribution in [0.15, 0.2) is 59.6 Å². The quantitative estimate of drug-likeness (QED) is 0.803. The molecule has 0 spiro atoms. The van der Waals surface area contributed by atoms with Crippen molar-refractivity contribution in [2.45, 2.75) is 18.7 Å². The van der Waals surface area contributed by atoms with Gasteiger partial charge in [-0.2, -0.15) is 0 Å². The Balaban J connectivity index is 2.02. The van der Waals surface area contributed by atoms with Crippen LogP contribution in [-0.2, 0) is 10.0 Å². The van der Waals surface area contributed by atoms with Crippen LogP contribution in [0.4, 0.5) is 5.69 Å². The highest BCUT2D eigenvalue weighted by Gasteiger charge is 2.16. The molecule has 22 heavy (non-hydrogen) atoms. The van der Waals surface area contributed by atoms with E-state index in [1.165, 1.54) is 0 Å². The number of sulfonamides is 1. The van der Waals surface area contributed by atoms with Gasteiger partial charge in [-0.3, -0.25) is 9.71 Å². The maximum Gasteiger partial charge on any atom is 0.261 e. The SMILES string of the molecule is Cc1ccc(S(=O)(=O)Nc2cnc3ccccc3c2C)cc1. The van der Waals surface area contributed by atoms with E-state index in [1.807, 2.05) is 38.1 Å². The lowest BCUT2D eigenvalue weighted by Gasteiger charge is -2.12. The van der Waals surface area contributed by atoms with E-state index < -0.39 is 10.0 Å². The summed E-state index contributed by atoms with van der Waals surface area (Å²) in [5.74, 6) is 0. The molecule has 0 saturated carbocycles. The highest BCUT2D eigenvalue weighted by Crippen LogP contribution is 2.25. The average molecular weight is 312 g/mol. The second-order valence-corrected chi connectivity index (χ2v) is 6.91. The van der Waals surface area contributed by atoms with Crippen molar-refractivity contribution in [3.63, 3.8) is 0 Å². The summed E-state index contributed by atoms with van der Waals surface area (Å²) in [7, 11) is -3.61. The number of rotatable bonds is 3. The first-order valence-corrected chi connectivity index (χ1v) is 8.39. The Morgan fingerprint density at radius 2 is 1.64 bits per heavy atom. The zero-order chi connectivity index (χ0) is 15.7. The lowest BCUT2D eigenvalue weighted by Crippen LogP contribution is -2.14. The van der Waals surface area contributed by atoms with Crippen molar-refractivity contribution < 1.29 is 8.42 Å². The van der Waals surface area contributed by atoms with Crippen LogP contribution >= 0.6 is 0 Å². The largest absolute Gasteiger partial charge is 0.278 e. The molecule has 0 bridgehead atoms. The molecule has 0 atom stereocenters. The standard InChI is InChI=1S/C17H16N2O2S/c1-12-7-9-14(10-8-12)22(20,21)19-17-11-18-16-6-4-3-5-15(16)13(17)2/h3-11,19H,1-2H3. The van der Waals surface area contributed by atoms with Gasteiger partial charge in [0.25, 0.3) is 10.0 Å². The summed E-state index contributed by atoms with van der Waals surface area (Å²) in [6.45, 7) is 3.80. The zero-order valence-electron chi connectivity index (χ0n) is 12.4. The molecule has 112 valence electrons. The van der Waals surface area contributed by atoms with Gasteiger partial charge in [-0.05, 0) is 37.6 Å². The number of fused-ring (bicyclic) bond motifs is 1. The number of aryl methyl sites for hydroxylation is 2. The summed E-state index contributed by atoms with van der Waals surface area (Å²) in [5, 5.41) is 0.937. The minimum Gasteiger partial charge on any atom is -0.278 e. The average Bonchev–Trinajstić information content (AvgIpc) is 2.51. The predicted octanol–water partition coefficient (Wildman–Crippen LogP) is 3.65. The number of benzene rings is 2. The van der Waals surface area contributed by atoms with Crippen LogP contribution in [0, 0.1) is 13.8 Å². The van der Waals surface area contributed by atoms with E-state index in [1.54, 1.807) is 30.5 Å². The minimum absolute atomic E-state index is 0.241. The van der Waals surface area contributed by atoms with Crippen LogP contribution in [0.25, 0.3) is 10.9 Å². The monoisotopic (exact) mass is 312 g/mol. The highest BCUT2D eigenvalue weighted by atomic mass is 32.2. The zero-order valence-corrected chi connectivity index (χ0v) is 13.2. The molecule has 0 fully saturated rings. The normalized spacial score (nSPS) is 11.5. The first kappa shape index (κ1) is 14.5. The van der Waals surface area contributed by atoms with Crippen LogP contribution in [0.1, 0.15) is 11.1 Å². The second-order valence-electron chi connectivity index (χ2n) is 5.23. The number of hydrogen-bond donors (Lipinski definition) is 1. The maximum atomic E-state index is 12.5. The van der Waals surface area contributed by atoms with Gasteiger partial charge < -0.3 is 0 Å². The first-order valence-electron chi connectivity index (χ1n) is 6.91. The van der Waals surface area contributed by atoms with Gasteiger partial charge in [-0.15, -0.1) is 0 Å². The van der Waals surface area contributed by atoms with Crippen molar-refractivity contribution >= 4 is 26.6 Å². The number of hydrogen-bond acceptors (Lipinski definition) is 3. The lowest BCUT2D eigenvalue weighted by molar-refractivity contribution is 0.601. The van der Waals surface area contributed by atoms with Crippen molar-refractivity contribution in [1.29, 1.82) is 0 Å². The van der Waals surface area contributed by atoms with Crippen LogP contribution in [-0.4, -0.2) is 13.4 Å². The predicted molar refractivity (Wildman–Crippen MR) is 88.5 cm³/mol. The van der Waals surface area contributed by atoms with Crippen LogP contribution in [0.2, 0.25) is 0 Å². The third-order valence-electron chi connectivity index (χ3n) is 3.62. The van der Waals surface area contributed by atoms with Gasteiger partial charge in [0.1, 0.15) is 0 Å². The molecule has 5 heteroatoms. The van der Waals surface area contributed by atoms with Gasteiger partial charge in [-0.25, -0.2) is 8.42 Å². The molecular formula is C17H16N2O2S. The van der Waals surface area contributed by atoms with Crippen molar-refractivity contribution in [2.75, 3.05) is 4.72 Å². The van der Waals surface area contributed by atoms with Gasteiger partial charge in [-0.1, -0.05) is 35.9 Å². The molecule has 0 aliphatic carbocycles. The second kappa shape index (κ2) is 5.42. The molecule has 0 radical (unpaired) electrons. The van der Waals surface area contributed by atoms with E-state index in [4.69, 9.17) is 0 Å². The van der Waals surface area contributed by atoms with Gasteiger partial charge in [0, 0.05) is 5.39 Å². The van der Waals surface area contributed by atoms with Gasteiger partial charge in [0.2, 0.25) is 0 Å². The Morgan fingerprint density at radius 1 is 0.955 bits per heavy atom. The molecular weight excluding hydrogens is 296 g/mol. The fourth-order valence-corrected chi connectivity index (χ4v) is 3.41. The van der Waals surface area contributed by atoms with Gasteiger partial charge >= 0.3 is 0 Å². The van der Waals surface area contributed by atoms with E-state index in [0.29, 0.717) is 5.69 Å². The Bertz CT molecular complexity index is 933. The smallest absolute Gasteiger partial charge is 0.261 e. The summed E-state index contributed by atoms with van der Waals surface area (Å²) in [6, 6.07) is 14.4. The molecule has 1 aromatic heterocycles. The molecule has 0 aliphatic heterocycles. The number of aromatic nitrogens is 1. The van der Waals surface area contributed by atoms with E-state index in [9.17, 15) is 8.42 Å². The Hall–Kier alpha value is -2.40. The molecule has 1 N–H and O–H groups in total. The summed E-state index contributed by atoms with van der Waals surface area (Å²) < 4.78 is 27.5. The Kier molecular flexibility index (Phi) is 3.58. The van der Waals surface area contributed by atoms with Crippen molar-refractivity contribution in [1.82, 2.24) is 4.98 Å². The molecule has 3 rings (SSSR count). The number of para-hydroxylation sites is 1. The molecule has 2 aromatic carbocycles. The topological polar surface area (TPSA) is 59.1 Å². The molecule has 0 aliphatic rings. The molecule has 4 nitrogen and oxygen atoms in total. The fourth-order valence-electron chi connectivity index (χ4n) is 2.30.